The Bertz CT molecular complexity index is 592. The summed E-state index contributed by atoms with van der Waals surface area (Å²) in [5.41, 5.74) is 0.932. The predicted molar refractivity (Wildman–Crippen MR) is 63.3 cm³/mol. The average Bonchev–Trinajstić information content (AvgIpc) is 2.35. The van der Waals surface area contributed by atoms with Gasteiger partial charge in [0, 0.05) is 5.69 Å². The van der Waals surface area contributed by atoms with Crippen molar-refractivity contribution >= 4 is 11.4 Å². The molecule has 2 rings (SSSR count). The molecule has 0 atom stereocenters. The number of hydrogen-bond acceptors (Lipinski definition) is 3. The summed E-state index contributed by atoms with van der Waals surface area (Å²) in [5, 5.41) is 11.2. The summed E-state index contributed by atoms with van der Waals surface area (Å²) in [4.78, 5) is 4.01. The number of anilines is 2. The minimum absolute atomic E-state index is 0.0578. The summed E-state index contributed by atoms with van der Waals surface area (Å²) in [6.45, 7) is 1.81. The molecule has 18 heavy (non-hydrogen) atoms. The second-order valence-corrected chi connectivity index (χ2v) is 3.74. The number of nitriles is 1. The molecular weight excluding hydrogens is 236 g/mol. The Balaban J connectivity index is 2.35. The summed E-state index contributed by atoms with van der Waals surface area (Å²) < 4.78 is 27.2. The van der Waals surface area contributed by atoms with Gasteiger partial charge in [-0.3, -0.25) is 4.98 Å². The molecule has 0 aliphatic rings. The number of halogens is 2. The van der Waals surface area contributed by atoms with Crippen molar-refractivity contribution in [3.8, 4) is 6.07 Å². The molecular formula is C13H9F2N3. The van der Waals surface area contributed by atoms with E-state index in [1.807, 2.05) is 6.92 Å². The van der Waals surface area contributed by atoms with E-state index in [2.05, 4.69) is 10.3 Å². The van der Waals surface area contributed by atoms with Gasteiger partial charge in [-0.2, -0.15) is 5.26 Å². The lowest BCUT2D eigenvalue weighted by Gasteiger charge is -2.08. The predicted octanol–water partition coefficient (Wildman–Crippen LogP) is 3.28. The Morgan fingerprint density at radius 1 is 1.22 bits per heavy atom. The third-order valence-electron chi connectivity index (χ3n) is 2.35. The third-order valence-corrected chi connectivity index (χ3v) is 2.35. The highest BCUT2D eigenvalue weighted by atomic mass is 19.1. The van der Waals surface area contributed by atoms with Gasteiger partial charge in [0.25, 0.3) is 0 Å². The molecule has 0 radical (unpaired) electrons. The van der Waals surface area contributed by atoms with Gasteiger partial charge in [0.05, 0.1) is 23.5 Å². The van der Waals surface area contributed by atoms with Crippen molar-refractivity contribution in [3.05, 3.63) is 53.4 Å². The van der Waals surface area contributed by atoms with E-state index in [1.165, 1.54) is 6.20 Å². The molecule has 0 aliphatic carbocycles. The van der Waals surface area contributed by atoms with Crippen molar-refractivity contribution in [1.29, 1.82) is 5.26 Å². The van der Waals surface area contributed by atoms with E-state index in [9.17, 15) is 8.78 Å². The minimum Gasteiger partial charge on any atom is -0.349 e. The molecule has 2 aromatic rings. The standard InChI is InChI=1S/C13H9F2N3/c1-8-2-3-10(7-17-8)18-13-11(14)4-9(6-16)5-12(13)15/h2-5,7,18H,1H3. The molecule has 1 heterocycles. The number of nitrogens with zero attached hydrogens (tertiary/aromatic N) is 2. The average molecular weight is 245 g/mol. The smallest absolute Gasteiger partial charge is 0.150 e. The molecule has 0 unspecified atom stereocenters. The maximum Gasteiger partial charge on any atom is 0.150 e. The van der Waals surface area contributed by atoms with Crippen molar-refractivity contribution in [1.82, 2.24) is 4.98 Å². The fourth-order valence-corrected chi connectivity index (χ4v) is 1.44. The molecule has 0 amide bonds. The number of benzene rings is 1. The van der Waals surface area contributed by atoms with Crippen LogP contribution in [0.4, 0.5) is 20.2 Å². The molecule has 1 aromatic heterocycles. The maximum atomic E-state index is 13.6. The first kappa shape index (κ1) is 12.0. The molecule has 0 saturated carbocycles. The second kappa shape index (κ2) is 4.80. The van der Waals surface area contributed by atoms with Crippen LogP contribution >= 0.6 is 0 Å². The second-order valence-electron chi connectivity index (χ2n) is 3.74. The zero-order valence-corrected chi connectivity index (χ0v) is 9.54. The van der Waals surface area contributed by atoms with Gasteiger partial charge in [-0.05, 0) is 31.2 Å². The highest BCUT2D eigenvalue weighted by Gasteiger charge is 2.11. The number of rotatable bonds is 2. The van der Waals surface area contributed by atoms with Crippen molar-refractivity contribution in [2.24, 2.45) is 0 Å². The first-order valence-corrected chi connectivity index (χ1v) is 5.19. The van der Waals surface area contributed by atoms with E-state index in [0.717, 1.165) is 17.8 Å². The van der Waals surface area contributed by atoms with Crippen molar-refractivity contribution < 1.29 is 8.78 Å². The van der Waals surface area contributed by atoms with Crippen molar-refractivity contribution in [2.45, 2.75) is 6.92 Å². The number of aromatic nitrogens is 1. The van der Waals surface area contributed by atoms with Crippen LogP contribution in [0.1, 0.15) is 11.3 Å². The van der Waals surface area contributed by atoms with Crippen molar-refractivity contribution in [2.75, 3.05) is 5.32 Å². The van der Waals surface area contributed by atoms with E-state index in [0.29, 0.717) is 5.69 Å². The molecule has 0 spiro atoms. The van der Waals surface area contributed by atoms with E-state index in [1.54, 1.807) is 18.2 Å². The quantitative estimate of drug-likeness (QED) is 0.883. The van der Waals surface area contributed by atoms with Crippen LogP contribution in [0.25, 0.3) is 0 Å². The Morgan fingerprint density at radius 2 is 1.89 bits per heavy atom. The summed E-state index contributed by atoms with van der Waals surface area (Å²) in [6.07, 6.45) is 1.48. The van der Waals surface area contributed by atoms with Crippen LogP contribution < -0.4 is 5.32 Å². The first-order valence-electron chi connectivity index (χ1n) is 5.19. The Labute approximate surface area is 103 Å². The summed E-state index contributed by atoms with van der Waals surface area (Å²) >= 11 is 0. The van der Waals surface area contributed by atoms with Gasteiger partial charge in [-0.25, -0.2) is 8.78 Å². The topological polar surface area (TPSA) is 48.7 Å². The minimum atomic E-state index is -0.813. The summed E-state index contributed by atoms with van der Waals surface area (Å²) in [5.74, 6) is -1.63. The van der Waals surface area contributed by atoms with Crippen LogP contribution in [0, 0.1) is 29.9 Å². The fraction of sp³-hybridized carbons (Fsp3) is 0.0769. The Hall–Kier alpha value is -2.48. The van der Waals surface area contributed by atoms with Gasteiger partial charge in [0.2, 0.25) is 0 Å². The molecule has 3 nitrogen and oxygen atoms in total. The molecule has 0 aliphatic heterocycles. The molecule has 90 valence electrons. The zero-order chi connectivity index (χ0) is 13.1. The van der Waals surface area contributed by atoms with E-state index in [4.69, 9.17) is 5.26 Å². The molecule has 0 saturated heterocycles. The lowest BCUT2D eigenvalue weighted by Crippen LogP contribution is -1.99. The van der Waals surface area contributed by atoms with Gasteiger partial charge in [-0.1, -0.05) is 0 Å². The van der Waals surface area contributed by atoms with E-state index < -0.39 is 11.6 Å². The van der Waals surface area contributed by atoms with Gasteiger partial charge < -0.3 is 5.32 Å². The number of aryl methyl sites for hydroxylation is 1. The van der Waals surface area contributed by atoms with Crippen LogP contribution in [-0.4, -0.2) is 4.98 Å². The van der Waals surface area contributed by atoms with Gasteiger partial charge in [0.1, 0.15) is 5.69 Å². The molecule has 0 bridgehead atoms. The Kier molecular flexibility index (Phi) is 3.20. The fourth-order valence-electron chi connectivity index (χ4n) is 1.44. The Morgan fingerprint density at radius 3 is 2.39 bits per heavy atom. The van der Waals surface area contributed by atoms with E-state index in [-0.39, 0.29) is 11.3 Å². The summed E-state index contributed by atoms with van der Waals surface area (Å²) in [7, 11) is 0. The first-order chi connectivity index (χ1) is 8.60. The van der Waals surface area contributed by atoms with Crippen molar-refractivity contribution in [3.63, 3.8) is 0 Å². The zero-order valence-electron chi connectivity index (χ0n) is 9.54. The number of pyridine rings is 1. The largest absolute Gasteiger partial charge is 0.349 e. The van der Waals surface area contributed by atoms with Gasteiger partial charge in [-0.15, -0.1) is 0 Å². The molecule has 1 aromatic carbocycles. The van der Waals surface area contributed by atoms with Gasteiger partial charge >= 0.3 is 0 Å². The third kappa shape index (κ3) is 2.43. The van der Waals surface area contributed by atoms with Gasteiger partial charge in [0.15, 0.2) is 11.6 Å². The summed E-state index contributed by atoms with van der Waals surface area (Å²) in [6, 6.07) is 7.04. The number of hydrogen-bond donors (Lipinski definition) is 1. The molecule has 5 heteroatoms. The van der Waals surface area contributed by atoms with Crippen LogP contribution in [0.2, 0.25) is 0 Å². The van der Waals surface area contributed by atoms with Crippen LogP contribution in [-0.2, 0) is 0 Å². The van der Waals surface area contributed by atoms with Crippen LogP contribution in [0.5, 0.6) is 0 Å². The monoisotopic (exact) mass is 245 g/mol. The number of nitrogens with one attached hydrogen (secondary N) is 1. The highest BCUT2D eigenvalue weighted by molar-refractivity contribution is 5.61. The molecule has 0 fully saturated rings. The lowest BCUT2D eigenvalue weighted by molar-refractivity contribution is 0.590. The SMILES string of the molecule is Cc1ccc(Nc2c(F)cc(C#N)cc2F)cn1. The highest BCUT2D eigenvalue weighted by Crippen LogP contribution is 2.24. The van der Waals surface area contributed by atoms with Crippen LogP contribution in [0.15, 0.2) is 30.5 Å². The van der Waals surface area contributed by atoms with E-state index >= 15 is 0 Å². The maximum absolute atomic E-state index is 13.6. The van der Waals surface area contributed by atoms with Crippen LogP contribution in [0.3, 0.4) is 0 Å². The lowest BCUT2D eigenvalue weighted by atomic mass is 10.2. The molecule has 1 N–H and O–H groups in total. The normalized spacial score (nSPS) is 9.89.